The molecule has 0 bridgehead atoms. The first-order chi connectivity index (χ1) is 15.4. The number of rotatable bonds is 19. The van der Waals surface area contributed by atoms with E-state index in [2.05, 4.69) is 37.1 Å². The maximum absolute atomic E-state index is 11.3. The molecule has 1 N–H and O–H groups in total. The van der Waals surface area contributed by atoms with Gasteiger partial charge in [0.1, 0.15) is 0 Å². The third-order valence-electron chi connectivity index (χ3n) is 5.79. The fraction of sp³-hybridized carbons (Fsp3) is 0.679. The molecule has 32 heavy (non-hydrogen) atoms. The summed E-state index contributed by atoms with van der Waals surface area (Å²) in [4.78, 5) is 11.3. The standard InChI is InChI=1S/C28H49NO2Si/c1-5-31-28(30)23-20-26-18-21-27(22-19-26)29-24-16-14-12-10-8-6-7-9-11-13-15-17-25-32(2,3)4/h18-23,29H,5-17,24-25H2,1-4H3/b23-20+. The normalized spacial score (nSPS) is 11.8. The van der Waals surface area contributed by atoms with Crippen LogP contribution < -0.4 is 5.32 Å². The van der Waals surface area contributed by atoms with Crippen LogP contribution in [0, 0.1) is 0 Å². The van der Waals surface area contributed by atoms with Crippen LogP contribution in [0.5, 0.6) is 0 Å². The first-order valence-corrected chi connectivity index (χ1v) is 16.8. The molecule has 0 aromatic heterocycles. The highest BCUT2D eigenvalue weighted by atomic mass is 28.3. The average Bonchev–Trinajstić information content (AvgIpc) is 2.75. The van der Waals surface area contributed by atoms with Crippen molar-refractivity contribution in [1.82, 2.24) is 0 Å². The maximum Gasteiger partial charge on any atom is 0.330 e. The van der Waals surface area contributed by atoms with Gasteiger partial charge in [0.2, 0.25) is 0 Å². The van der Waals surface area contributed by atoms with Crippen molar-refractivity contribution >= 4 is 25.8 Å². The first kappa shape index (κ1) is 28.5. The zero-order chi connectivity index (χ0) is 23.5. The summed E-state index contributed by atoms with van der Waals surface area (Å²) < 4.78 is 4.89. The molecule has 1 aromatic rings. The Morgan fingerprint density at radius 2 is 1.31 bits per heavy atom. The highest BCUT2D eigenvalue weighted by molar-refractivity contribution is 6.76. The Bertz CT molecular complexity index is 619. The van der Waals surface area contributed by atoms with Gasteiger partial charge in [-0.2, -0.15) is 0 Å². The molecule has 0 saturated heterocycles. The number of carbonyl (C=O) groups is 1. The molecule has 182 valence electrons. The molecule has 0 aliphatic carbocycles. The number of carbonyl (C=O) groups excluding carboxylic acids is 1. The Labute approximate surface area is 199 Å². The number of hydrogen-bond donors (Lipinski definition) is 1. The van der Waals surface area contributed by atoms with Crippen LogP contribution in [0.2, 0.25) is 25.7 Å². The molecule has 0 heterocycles. The van der Waals surface area contributed by atoms with E-state index in [1.807, 2.05) is 19.1 Å². The van der Waals surface area contributed by atoms with Gasteiger partial charge in [-0.15, -0.1) is 0 Å². The second-order valence-corrected chi connectivity index (χ2v) is 15.8. The molecule has 0 aliphatic rings. The summed E-state index contributed by atoms with van der Waals surface area (Å²) in [5, 5.41) is 3.49. The summed E-state index contributed by atoms with van der Waals surface area (Å²) in [5.74, 6) is -0.294. The minimum Gasteiger partial charge on any atom is -0.463 e. The van der Waals surface area contributed by atoms with Crippen LogP contribution in [0.3, 0.4) is 0 Å². The smallest absolute Gasteiger partial charge is 0.330 e. The fourth-order valence-corrected chi connectivity index (χ4v) is 5.16. The lowest BCUT2D eigenvalue weighted by atomic mass is 10.1. The van der Waals surface area contributed by atoms with Gasteiger partial charge < -0.3 is 10.1 Å². The minimum absolute atomic E-state index is 0.294. The van der Waals surface area contributed by atoms with Gasteiger partial charge >= 0.3 is 5.97 Å². The van der Waals surface area contributed by atoms with E-state index in [1.165, 1.54) is 89.2 Å². The van der Waals surface area contributed by atoms with Crippen LogP contribution in [0.1, 0.15) is 89.5 Å². The number of nitrogens with one attached hydrogen (secondary N) is 1. The Kier molecular flexibility index (Phi) is 16.0. The Morgan fingerprint density at radius 3 is 1.81 bits per heavy atom. The van der Waals surface area contributed by atoms with Crippen LogP contribution in [0.4, 0.5) is 5.69 Å². The van der Waals surface area contributed by atoms with E-state index >= 15 is 0 Å². The number of esters is 1. The molecule has 0 fully saturated rings. The van der Waals surface area contributed by atoms with Crippen LogP contribution in [-0.2, 0) is 9.53 Å². The van der Waals surface area contributed by atoms with Gasteiger partial charge in [0, 0.05) is 26.4 Å². The molecule has 3 nitrogen and oxygen atoms in total. The molecule has 0 amide bonds. The number of ether oxygens (including phenoxy) is 1. The Morgan fingerprint density at radius 1 is 0.812 bits per heavy atom. The molecular formula is C28H49NO2Si. The van der Waals surface area contributed by atoms with Gasteiger partial charge in [-0.1, -0.05) is 108 Å². The summed E-state index contributed by atoms with van der Waals surface area (Å²) in [6, 6.07) is 9.68. The van der Waals surface area contributed by atoms with E-state index in [0.29, 0.717) is 6.61 Å². The van der Waals surface area contributed by atoms with Gasteiger partial charge in [-0.05, 0) is 37.1 Å². The van der Waals surface area contributed by atoms with Crippen LogP contribution in [0.25, 0.3) is 6.08 Å². The van der Waals surface area contributed by atoms with Crippen LogP contribution in [-0.4, -0.2) is 27.2 Å². The predicted octanol–water partition coefficient (Wildman–Crippen LogP) is 8.69. The molecule has 1 rings (SSSR count). The largest absolute Gasteiger partial charge is 0.463 e. The van der Waals surface area contributed by atoms with Crippen molar-refractivity contribution in [2.24, 2.45) is 0 Å². The van der Waals surface area contributed by atoms with Gasteiger partial charge in [0.25, 0.3) is 0 Å². The van der Waals surface area contributed by atoms with Crippen molar-refractivity contribution in [1.29, 1.82) is 0 Å². The van der Waals surface area contributed by atoms with Crippen molar-refractivity contribution < 1.29 is 9.53 Å². The highest BCUT2D eigenvalue weighted by Crippen LogP contribution is 2.17. The molecule has 0 unspecified atom stereocenters. The topological polar surface area (TPSA) is 38.3 Å². The van der Waals surface area contributed by atoms with Crippen LogP contribution in [0.15, 0.2) is 30.3 Å². The summed E-state index contributed by atoms with van der Waals surface area (Å²) in [6.45, 7) is 10.7. The number of anilines is 1. The maximum atomic E-state index is 11.3. The molecule has 0 spiro atoms. The summed E-state index contributed by atoms with van der Waals surface area (Å²) in [6.07, 6.45) is 20.0. The van der Waals surface area contributed by atoms with Crippen molar-refractivity contribution in [3.8, 4) is 0 Å². The SMILES string of the molecule is CCOC(=O)/C=C/c1ccc(NCCCCCCCCCCCCCC[Si](C)(C)C)cc1. The third kappa shape index (κ3) is 17.1. The molecule has 0 radical (unpaired) electrons. The lowest BCUT2D eigenvalue weighted by Crippen LogP contribution is -2.18. The summed E-state index contributed by atoms with van der Waals surface area (Å²) in [5.41, 5.74) is 2.14. The zero-order valence-electron chi connectivity index (χ0n) is 21.4. The second-order valence-electron chi connectivity index (χ2n) is 10.2. The average molecular weight is 460 g/mol. The summed E-state index contributed by atoms with van der Waals surface area (Å²) >= 11 is 0. The highest BCUT2D eigenvalue weighted by Gasteiger charge is 2.11. The lowest BCUT2D eigenvalue weighted by molar-refractivity contribution is -0.137. The predicted molar refractivity (Wildman–Crippen MR) is 144 cm³/mol. The zero-order valence-corrected chi connectivity index (χ0v) is 22.4. The monoisotopic (exact) mass is 459 g/mol. The van der Waals surface area contributed by atoms with Gasteiger partial charge in [0.05, 0.1) is 6.61 Å². The quantitative estimate of drug-likeness (QED) is 0.0972. The minimum atomic E-state index is -0.807. The molecule has 1 aromatic carbocycles. The lowest BCUT2D eigenvalue weighted by Gasteiger charge is -2.14. The van der Waals surface area contributed by atoms with Crippen molar-refractivity contribution in [3.63, 3.8) is 0 Å². The third-order valence-corrected chi connectivity index (χ3v) is 7.65. The van der Waals surface area contributed by atoms with E-state index in [9.17, 15) is 4.79 Å². The van der Waals surface area contributed by atoms with E-state index < -0.39 is 8.07 Å². The van der Waals surface area contributed by atoms with Gasteiger partial charge in [-0.3, -0.25) is 0 Å². The first-order valence-electron chi connectivity index (χ1n) is 13.1. The van der Waals surface area contributed by atoms with Crippen molar-refractivity contribution in [2.75, 3.05) is 18.5 Å². The van der Waals surface area contributed by atoms with E-state index in [0.717, 1.165) is 17.8 Å². The van der Waals surface area contributed by atoms with Gasteiger partial charge in [-0.25, -0.2) is 4.79 Å². The Hall–Kier alpha value is -1.55. The number of hydrogen-bond acceptors (Lipinski definition) is 3. The molecule has 4 heteroatoms. The van der Waals surface area contributed by atoms with Crippen LogP contribution >= 0.6 is 0 Å². The Balaban J connectivity index is 1.91. The van der Waals surface area contributed by atoms with Crippen molar-refractivity contribution in [3.05, 3.63) is 35.9 Å². The fourth-order valence-electron chi connectivity index (χ4n) is 3.85. The van der Waals surface area contributed by atoms with Crippen molar-refractivity contribution in [2.45, 2.75) is 110 Å². The van der Waals surface area contributed by atoms with Gasteiger partial charge in [0.15, 0.2) is 0 Å². The van der Waals surface area contributed by atoms with E-state index in [1.54, 1.807) is 6.08 Å². The van der Waals surface area contributed by atoms with E-state index in [-0.39, 0.29) is 5.97 Å². The molecule has 0 saturated carbocycles. The molecule has 0 atom stereocenters. The number of unbranched alkanes of at least 4 members (excludes halogenated alkanes) is 11. The van der Waals surface area contributed by atoms with E-state index in [4.69, 9.17) is 4.74 Å². The summed E-state index contributed by atoms with van der Waals surface area (Å²) in [7, 11) is -0.807. The molecule has 0 aliphatic heterocycles. The second kappa shape index (κ2) is 17.9. The number of benzene rings is 1. The molecular weight excluding hydrogens is 410 g/mol.